The van der Waals surface area contributed by atoms with Crippen LogP contribution in [0.5, 0.6) is 0 Å². The molecule has 0 amide bonds. The molecular formula is C13H26N2O2. The second-order valence-electron chi connectivity index (χ2n) is 6.00. The summed E-state index contributed by atoms with van der Waals surface area (Å²) in [5.41, 5.74) is 0.256. The van der Waals surface area contributed by atoms with E-state index in [1.54, 1.807) is 0 Å². The van der Waals surface area contributed by atoms with Gasteiger partial charge in [-0.15, -0.1) is 0 Å². The molecule has 0 spiro atoms. The quantitative estimate of drug-likeness (QED) is 0.681. The van der Waals surface area contributed by atoms with Crippen LogP contribution in [-0.2, 0) is 4.74 Å². The van der Waals surface area contributed by atoms with Gasteiger partial charge < -0.3 is 20.1 Å². The number of nitrogens with zero attached hydrogens (tertiary/aromatic N) is 1. The maximum Gasteiger partial charge on any atom is 0.0638 e. The van der Waals surface area contributed by atoms with Gasteiger partial charge >= 0.3 is 0 Å². The molecule has 2 atom stereocenters. The van der Waals surface area contributed by atoms with Crippen molar-refractivity contribution in [3.8, 4) is 0 Å². The van der Waals surface area contributed by atoms with E-state index in [1.165, 1.54) is 12.8 Å². The second-order valence-corrected chi connectivity index (χ2v) is 6.00. The zero-order chi connectivity index (χ0) is 12.3. The molecule has 0 aromatic carbocycles. The predicted molar refractivity (Wildman–Crippen MR) is 68.1 cm³/mol. The van der Waals surface area contributed by atoms with Crippen molar-refractivity contribution in [2.45, 2.75) is 38.3 Å². The molecule has 17 heavy (non-hydrogen) atoms. The van der Waals surface area contributed by atoms with Crippen LogP contribution in [0.4, 0.5) is 0 Å². The van der Waals surface area contributed by atoms with Gasteiger partial charge in [0.25, 0.3) is 0 Å². The number of nitrogens with one attached hydrogen (secondary N) is 1. The van der Waals surface area contributed by atoms with Crippen LogP contribution in [0.2, 0.25) is 0 Å². The minimum absolute atomic E-state index is 0.254. The number of aliphatic hydroxyl groups excluding tert-OH is 1. The number of ether oxygens (including phenoxy) is 1. The molecule has 0 aromatic heterocycles. The molecule has 2 N–H and O–H groups in total. The minimum Gasteiger partial charge on any atom is -0.392 e. The van der Waals surface area contributed by atoms with Crippen molar-refractivity contribution >= 4 is 0 Å². The van der Waals surface area contributed by atoms with Crippen LogP contribution in [0.1, 0.15) is 26.2 Å². The third-order valence-corrected chi connectivity index (χ3v) is 3.71. The highest BCUT2D eigenvalue weighted by Gasteiger charge is 2.37. The van der Waals surface area contributed by atoms with Gasteiger partial charge in [-0.3, -0.25) is 0 Å². The van der Waals surface area contributed by atoms with Crippen LogP contribution in [0.3, 0.4) is 0 Å². The Labute approximate surface area is 104 Å². The average Bonchev–Trinajstić information content (AvgIpc) is 2.96. The Morgan fingerprint density at radius 3 is 2.82 bits per heavy atom. The Morgan fingerprint density at radius 1 is 1.53 bits per heavy atom. The fourth-order valence-electron chi connectivity index (χ4n) is 2.71. The van der Waals surface area contributed by atoms with Crippen molar-refractivity contribution in [2.75, 3.05) is 39.9 Å². The van der Waals surface area contributed by atoms with E-state index in [2.05, 4.69) is 17.3 Å². The standard InChI is InChI=1S/C13H26N2O2/c1-11(16)7-15(2)9-13(5-6-17-10-13)8-14-12-3-4-12/h11-12,14,16H,3-10H2,1-2H3. The maximum atomic E-state index is 9.42. The Balaban J connectivity index is 1.81. The van der Waals surface area contributed by atoms with Gasteiger partial charge in [0.1, 0.15) is 0 Å². The van der Waals surface area contributed by atoms with Crippen LogP contribution in [0.15, 0.2) is 0 Å². The minimum atomic E-state index is -0.254. The molecule has 2 rings (SSSR count). The Hall–Kier alpha value is -0.160. The Kier molecular flexibility index (Phi) is 4.42. The molecule has 1 saturated carbocycles. The highest BCUT2D eigenvalue weighted by Crippen LogP contribution is 2.30. The summed E-state index contributed by atoms with van der Waals surface area (Å²) in [7, 11) is 2.09. The average molecular weight is 242 g/mol. The molecule has 100 valence electrons. The van der Waals surface area contributed by atoms with E-state index < -0.39 is 0 Å². The van der Waals surface area contributed by atoms with Gasteiger partial charge in [-0.2, -0.15) is 0 Å². The van der Waals surface area contributed by atoms with Crippen LogP contribution in [0, 0.1) is 5.41 Å². The lowest BCUT2D eigenvalue weighted by Gasteiger charge is -2.33. The number of likely N-dealkylation sites (N-methyl/N-ethyl adjacent to an activating group) is 1. The number of rotatable bonds is 7. The van der Waals surface area contributed by atoms with E-state index in [9.17, 15) is 5.11 Å². The van der Waals surface area contributed by atoms with Gasteiger partial charge in [-0.25, -0.2) is 0 Å². The topological polar surface area (TPSA) is 44.7 Å². The number of aliphatic hydroxyl groups is 1. The molecule has 1 heterocycles. The van der Waals surface area contributed by atoms with Gasteiger partial charge in [0.15, 0.2) is 0 Å². The van der Waals surface area contributed by atoms with E-state index in [-0.39, 0.29) is 11.5 Å². The lowest BCUT2D eigenvalue weighted by atomic mass is 9.86. The van der Waals surface area contributed by atoms with Crippen LogP contribution >= 0.6 is 0 Å². The summed E-state index contributed by atoms with van der Waals surface area (Å²) in [6, 6.07) is 0.759. The molecule has 1 saturated heterocycles. The van der Waals surface area contributed by atoms with Gasteiger partial charge in [0.2, 0.25) is 0 Å². The predicted octanol–water partition coefficient (Wildman–Crippen LogP) is 0.458. The summed E-state index contributed by atoms with van der Waals surface area (Å²) in [6.07, 6.45) is 3.55. The molecule has 0 bridgehead atoms. The lowest BCUT2D eigenvalue weighted by Crippen LogP contribution is -2.45. The molecule has 1 aliphatic heterocycles. The van der Waals surface area contributed by atoms with Crippen molar-refractivity contribution < 1.29 is 9.84 Å². The Morgan fingerprint density at radius 2 is 2.29 bits per heavy atom. The largest absolute Gasteiger partial charge is 0.392 e. The molecule has 2 aliphatic rings. The molecule has 4 heteroatoms. The number of hydrogen-bond donors (Lipinski definition) is 2. The van der Waals surface area contributed by atoms with Gasteiger partial charge in [-0.05, 0) is 33.2 Å². The van der Waals surface area contributed by atoms with Crippen molar-refractivity contribution in [3.63, 3.8) is 0 Å². The highest BCUT2D eigenvalue weighted by atomic mass is 16.5. The molecule has 2 unspecified atom stereocenters. The van der Waals surface area contributed by atoms with Crippen LogP contribution in [0.25, 0.3) is 0 Å². The lowest BCUT2D eigenvalue weighted by molar-refractivity contribution is 0.0883. The van der Waals surface area contributed by atoms with Crippen molar-refractivity contribution in [1.82, 2.24) is 10.2 Å². The van der Waals surface area contributed by atoms with Crippen molar-refractivity contribution in [1.29, 1.82) is 0 Å². The van der Waals surface area contributed by atoms with Crippen LogP contribution < -0.4 is 5.32 Å². The van der Waals surface area contributed by atoms with E-state index in [1.807, 2.05) is 6.92 Å². The van der Waals surface area contributed by atoms with Crippen LogP contribution in [-0.4, -0.2) is 62.0 Å². The van der Waals surface area contributed by atoms with Gasteiger partial charge in [0.05, 0.1) is 12.7 Å². The first kappa shape index (κ1) is 13.3. The fraction of sp³-hybridized carbons (Fsp3) is 1.00. The van der Waals surface area contributed by atoms with E-state index in [4.69, 9.17) is 4.74 Å². The SMILES string of the molecule is CC(O)CN(C)CC1(CNC2CC2)CCOC1. The Bertz CT molecular complexity index is 236. The summed E-state index contributed by atoms with van der Waals surface area (Å²) in [6.45, 7) is 6.40. The zero-order valence-corrected chi connectivity index (χ0v) is 11.1. The van der Waals surface area contributed by atoms with E-state index >= 15 is 0 Å². The van der Waals surface area contributed by atoms with Gasteiger partial charge in [-0.1, -0.05) is 0 Å². The summed E-state index contributed by atoms with van der Waals surface area (Å²) < 4.78 is 5.59. The van der Waals surface area contributed by atoms with Gasteiger partial charge in [0, 0.05) is 37.7 Å². The molecule has 2 fully saturated rings. The molecular weight excluding hydrogens is 216 g/mol. The van der Waals surface area contributed by atoms with Crippen molar-refractivity contribution in [3.05, 3.63) is 0 Å². The highest BCUT2D eigenvalue weighted by molar-refractivity contribution is 4.91. The molecule has 0 aromatic rings. The summed E-state index contributed by atoms with van der Waals surface area (Å²) in [4.78, 5) is 2.23. The first-order valence-corrected chi connectivity index (χ1v) is 6.77. The first-order valence-electron chi connectivity index (χ1n) is 6.77. The summed E-state index contributed by atoms with van der Waals surface area (Å²) in [5.74, 6) is 0. The molecule has 4 nitrogen and oxygen atoms in total. The monoisotopic (exact) mass is 242 g/mol. The molecule has 1 aliphatic carbocycles. The van der Waals surface area contributed by atoms with Crippen molar-refractivity contribution in [2.24, 2.45) is 5.41 Å². The normalized spacial score (nSPS) is 31.1. The maximum absolute atomic E-state index is 9.42. The third kappa shape index (κ3) is 4.21. The van der Waals surface area contributed by atoms with E-state index in [0.717, 1.165) is 45.3 Å². The zero-order valence-electron chi connectivity index (χ0n) is 11.1. The first-order chi connectivity index (χ1) is 8.10. The fourth-order valence-corrected chi connectivity index (χ4v) is 2.71. The summed E-state index contributed by atoms with van der Waals surface area (Å²) in [5, 5.41) is 13.0. The second kappa shape index (κ2) is 5.65. The van der Waals surface area contributed by atoms with E-state index in [0.29, 0.717) is 0 Å². The third-order valence-electron chi connectivity index (χ3n) is 3.71. The smallest absolute Gasteiger partial charge is 0.0638 e. The molecule has 0 radical (unpaired) electrons. The summed E-state index contributed by atoms with van der Waals surface area (Å²) >= 11 is 0. The number of hydrogen-bond acceptors (Lipinski definition) is 4.